The van der Waals surface area contributed by atoms with Crippen molar-refractivity contribution in [2.45, 2.75) is 6.18 Å². The monoisotopic (exact) mass is 374 g/mol. The van der Waals surface area contributed by atoms with Crippen molar-refractivity contribution in [3.05, 3.63) is 63.2 Å². The highest BCUT2D eigenvalue weighted by Gasteiger charge is 2.34. The Hall–Kier alpha value is -2.81. The van der Waals surface area contributed by atoms with Crippen LogP contribution in [-0.2, 0) is 11.0 Å². The van der Waals surface area contributed by atoms with Gasteiger partial charge in [-0.25, -0.2) is 0 Å². The summed E-state index contributed by atoms with van der Waals surface area (Å²) >= 11 is 5.72. The van der Waals surface area contributed by atoms with Gasteiger partial charge in [-0.2, -0.15) is 13.2 Å². The number of para-hydroxylation sites is 1. The second kappa shape index (κ2) is 7.39. The topological polar surface area (TPSA) is 81.5 Å². The number of hydrogen-bond acceptors (Lipinski definition) is 4. The molecule has 0 bridgehead atoms. The molecule has 0 aliphatic rings. The minimum atomic E-state index is -4.69. The van der Waals surface area contributed by atoms with E-state index in [1.54, 1.807) is 0 Å². The summed E-state index contributed by atoms with van der Waals surface area (Å²) in [5.74, 6) is -0.715. The number of nitro groups is 1. The van der Waals surface area contributed by atoms with Crippen LogP contribution >= 0.6 is 11.6 Å². The Balaban J connectivity index is 2.05. The molecule has 132 valence electrons. The third-order valence-electron chi connectivity index (χ3n) is 3.00. The molecule has 0 saturated heterocycles. The number of nitro benzene ring substituents is 1. The van der Waals surface area contributed by atoms with Crippen molar-refractivity contribution >= 4 is 28.9 Å². The van der Waals surface area contributed by atoms with E-state index >= 15 is 0 Å². The zero-order chi connectivity index (χ0) is 18.6. The molecule has 0 aromatic heterocycles. The normalized spacial score (nSPS) is 11.0. The summed E-state index contributed by atoms with van der Waals surface area (Å²) in [4.78, 5) is 21.7. The fourth-order valence-electron chi connectivity index (χ4n) is 1.88. The number of hydrogen-bond donors (Lipinski definition) is 1. The lowest BCUT2D eigenvalue weighted by atomic mass is 10.1. The maximum Gasteiger partial charge on any atom is 0.418 e. The second-order valence-corrected chi connectivity index (χ2v) is 5.16. The summed E-state index contributed by atoms with van der Waals surface area (Å²) in [5, 5.41) is 12.3. The number of amides is 1. The van der Waals surface area contributed by atoms with Crippen molar-refractivity contribution < 1.29 is 27.6 Å². The van der Waals surface area contributed by atoms with Crippen LogP contribution in [0.2, 0.25) is 5.02 Å². The molecule has 0 spiro atoms. The summed E-state index contributed by atoms with van der Waals surface area (Å²) in [7, 11) is 0. The first-order valence-electron chi connectivity index (χ1n) is 6.71. The fraction of sp³-hybridized carbons (Fsp3) is 0.133. The fourth-order valence-corrected chi connectivity index (χ4v) is 2.10. The van der Waals surface area contributed by atoms with Crippen LogP contribution in [0, 0.1) is 10.1 Å². The number of alkyl halides is 3. The van der Waals surface area contributed by atoms with E-state index in [4.69, 9.17) is 16.3 Å². The molecule has 0 saturated carbocycles. The molecule has 2 rings (SSSR count). The van der Waals surface area contributed by atoms with Crippen LogP contribution in [0.5, 0.6) is 5.75 Å². The number of carbonyl (C=O) groups is 1. The zero-order valence-corrected chi connectivity index (χ0v) is 13.1. The number of nitrogens with one attached hydrogen (secondary N) is 1. The Bertz CT molecular complexity index is 794. The van der Waals surface area contributed by atoms with Gasteiger partial charge in [-0.15, -0.1) is 0 Å². The third-order valence-corrected chi connectivity index (χ3v) is 3.32. The standard InChI is InChI=1S/C15H10ClF3N2O4/c16-12-3-1-2-11(15(17,18)19)14(12)20-13(22)8-25-10-6-4-9(5-7-10)21(23)24/h1-7H,8H2,(H,20,22). The number of ether oxygens (including phenoxy) is 1. The second-order valence-electron chi connectivity index (χ2n) is 4.75. The molecule has 25 heavy (non-hydrogen) atoms. The van der Waals surface area contributed by atoms with E-state index in [0.717, 1.165) is 12.1 Å². The summed E-state index contributed by atoms with van der Waals surface area (Å²) in [6.45, 7) is -0.597. The Morgan fingerprint density at radius 3 is 2.40 bits per heavy atom. The van der Waals surface area contributed by atoms with Gasteiger partial charge in [0.2, 0.25) is 0 Å². The van der Waals surface area contributed by atoms with Crippen molar-refractivity contribution in [2.75, 3.05) is 11.9 Å². The smallest absolute Gasteiger partial charge is 0.418 e. The first-order chi connectivity index (χ1) is 11.7. The molecule has 2 aromatic rings. The number of anilines is 1. The van der Waals surface area contributed by atoms with Gasteiger partial charge in [0, 0.05) is 12.1 Å². The number of halogens is 4. The summed E-state index contributed by atoms with van der Waals surface area (Å²) < 4.78 is 43.9. The van der Waals surface area contributed by atoms with Gasteiger partial charge in [-0.05, 0) is 24.3 Å². The zero-order valence-electron chi connectivity index (χ0n) is 12.3. The molecular weight excluding hydrogens is 365 g/mol. The number of rotatable bonds is 5. The van der Waals surface area contributed by atoms with Crippen molar-refractivity contribution in [1.29, 1.82) is 0 Å². The van der Waals surface area contributed by atoms with Crippen LogP contribution in [0.4, 0.5) is 24.5 Å². The summed E-state index contributed by atoms with van der Waals surface area (Å²) in [5.41, 5.74) is -1.81. The molecule has 1 N–H and O–H groups in total. The molecule has 0 aliphatic carbocycles. The molecule has 10 heteroatoms. The highest BCUT2D eigenvalue weighted by Crippen LogP contribution is 2.38. The highest BCUT2D eigenvalue weighted by atomic mass is 35.5. The molecule has 0 unspecified atom stereocenters. The van der Waals surface area contributed by atoms with Gasteiger partial charge < -0.3 is 10.1 Å². The molecule has 0 aliphatic heterocycles. The van der Waals surface area contributed by atoms with Gasteiger partial charge in [-0.1, -0.05) is 17.7 Å². The lowest BCUT2D eigenvalue weighted by Crippen LogP contribution is -2.22. The summed E-state index contributed by atoms with van der Waals surface area (Å²) in [6, 6.07) is 7.99. The van der Waals surface area contributed by atoms with Crippen LogP contribution in [0.25, 0.3) is 0 Å². The third kappa shape index (κ3) is 4.83. The number of nitrogens with zero attached hydrogens (tertiary/aromatic N) is 1. The predicted octanol–water partition coefficient (Wildman–Crippen LogP) is 4.28. The van der Waals surface area contributed by atoms with Gasteiger partial charge >= 0.3 is 6.18 Å². The van der Waals surface area contributed by atoms with E-state index in [0.29, 0.717) is 0 Å². The predicted molar refractivity (Wildman–Crippen MR) is 83.7 cm³/mol. The molecule has 0 radical (unpaired) electrons. The van der Waals surface area contributed by atoms with Crippen molar-refractivity contribution in [3.8, 4) is 5.75 Å². The van der Waals surface area contributed by atoms with Crippen molar-refractivity contribution in [3.63, 3.8) is 0 Å². The molecule has 0 fully saturated rings. The number of non-ortho nitro benzene ring substituents is 1. The Labute approximate surface area is 144 Å². The molecule has 6 nitrogen and oxygen atoms in total. The minimum Gasteiger partial charge on any atom is -0.484 e. The number of carbonyl (C=O) groups excluding carboxylic acids is 1. The minimum absolute atomic E-state index is 0.149. The SMILES string of the molecule is O=C(COc1ccc([N+](=O)[O-])cc1)Nc1c(Cl)cccc1C(F)(F)F. The lowest BCUT2D eigenvalue weighted by Gasteiger charge is -2.15. The van der Waals surface area contributed by atoms with E-state index in [2.05, 4.69) is 5.32 Å². The maximum absolute atomic E-state index is 12.9. The first-order valence-corrected chi connectivity index (χ1v) is 7.09. The average molecular weight is 375 g/mol. The lowest BCUT2D eigenvalue weighted by molar-refractivity contribution is -0.384. The average Bonchev–Trinajstić information content (AvgIpc) is 2.54. The van der Waals surface area contributed by atoms with Crippen LogP contribution in [-0.4, -0.2) is 17.4 Å². The van der Waals surface area contributed by atoms with Gasteiger partial charge in [0.1, 0.15) is 5.75 Å². The van der Waals surface area contributed by atoms with Crippen LogP contribution in [0.1, 0.15) is 5.56 Å². The Kier molecular flexibility index (Phi) is 5.48. The molecule has 0 atom stereocenters. The highest BCUT2D eigenvalue weighted by molar-refractivity contribution is 6.34. The van der Waals surface area contributed by atoms with Gasteiger partial charge in [0.05, 0.1) is 21.2 Å². The van der Waals surface area contributed by atoms with Crippen LogP contribution in [0.15, 0.2) is 42.5 Å². The van der Waals surface area contributed by atoms with Gasteiger partial charge in [-0.3, -0.25) is 14.9 Å². The van der Waals surface area contributed by atoms with E-state index in [1.165, 1.54) is 30.3 Å². The van der Waals surface area contributed by atoms with Gasteiger partial charge in [0.15, 0.2) is 6.61 Å². The van der Waals surface area contributed by atoms with E-state index < -0.39 is 34.9 Å². The van der Waals surface area contributed by atoms with Crippen molar-refractivity contribution in [1.82, 2.24) is 0 Å². The maximum atomic E-state index is 12.9. The Morgan fingerprint density at radius 1 is 1.20 bits per heavy atom. The van der Waals surface area contributed by atoms with Crippen LogP contribution < -0.4 is 10.1 Å². The first kappa shape index (κ1) is 18.5. The van der Waals surface area contributed by atoms with E-state index in [-0.39, 0.29) is 16.5 Å². The van der Waals surface area contributed by atoms with Crippen molar-refractivity contribution in [2.24, 2.45) is 0 Å². The molecule has 1 amide bonds. The largest absolute Gasteiger partial charge is 0.484 e. The molecule has 2 aromatic carbocycles. The molecular formula is C15H10ClF3N2O4. The summed E-state index contributed by atoms with van der Waals surface area (Å²) in [6.07, 6.45) is -4.69. The quantitative estimate of drug-likeness (QED) is 0.625. The number of benzene rings is 2. The van der Waals surface area contributed by atoms with E-state index in [9.17, 15) is 28.1 Å². The Morgan fingerprint density at radius 2 is 1.84 bits per heavy atom. The van der Waals surface area contributed by atoms with E-state index in [1.807, 2.05) is 0 Å². The van der Waals surface area contributed by atoms with Gasteiger partial charge in [0.25, 0.3) is 11.6 Å². The molecule has 0 heterocycles. The van der Waals surface area contributed by atoms with Crippen LogP contribution in [0.3, 0.4) is 0 Å².